The highest BCUT2D eigenvalue weighted by molar-refractivity contribution is 5.92. The lowest BCUT2D eigenvalue weighted by Gasteiger charge is -2.31. The molecule has 0 bridgehead atoms. The van der Waals surface area contributed by atoms with Gasteiger partial charge in [0.1, 0.15) is 18.7 Å². The smallest absolute Gasteiger partial charge is 0.329 e. The standard InChI is InChI=1S/C23H34N6O4.ClH/c24-17(9-4-12-27-23(25)26)20(30)28-13-5-10-18(28)21(31)29-14-6-11-19(29)22(32)33-15-16-7-2-1-3-8-16;/h1-3,7-8,17-19H,4-6,9-15,24H2,(H4,25,26,27);1H/t17-,18-,19-;/m0./s1. The summed E-state index contributed by atoms with van der Waals surface area (Å²) in [5, 5.41) is 9.84. The average molecular weight is 495 g/mol. The molecule has 2 saturated heterocycles. The van der Waals surface area contributed by atoms with Gasteiger partial charge in [0.2, 0.25) is 11.8 Å². The quantitative estimate of drug-likeness (QED) is 0.170. The molecule has 0 aliphatic carbocycles. The average Bonchev–Trinajstić information content (AvgIpc) is 3.50. The van der Waals surface area contributed by atoms with Gasteiger partial charge in [-0.3, -0.25) is 15.0 Å². The first kappa shape index (κ1) is 27.4. The molecule has 0 aromatic heterocycles. The predicted octanol–water partition coefficient (Wildman–Crippen LogP) is 0.724. The number of guanidine groups is 1. The van der Waals surface area contributed by atoms with E-state index in [2.05, 4.69) is 5.32 Å². The predicted molar refractivity (Wildman–Crippen MR) is 130 cm³/mol. The molecule has 1 aromatic rings. The van der Waals surface area contributed by atoms with Crippen molar-refractivity contribution in [2.24, 2.45) is 11.5 Å². The molecule has 2 aliphatic rings. The number of carbonyl (C=O) groups is 3. The maximum Gasteiger partial charge on any atom is 0.329 e. The lowest BCUT2D eigenvalue weighted by Crippen LogP contribution is -2.54. The van der Waals surface area contributed by atoms with Crippen LogP contribution in [0.2, 0.25) is 0 Å². The number of nitrogens with one attached hydrogen (secondary N) is 2. The van der Waals surface area contributed by atoms with Crippen molar-refractivity contribution in [2.45, 2.75) is 63.3 Å². The number of halogens is 1. The van der Waals surface area contributed by atoms with Gasteiger partial charge in [0.15, 0.2) is 5.96 Å². The summed E-state index contributed by atoms with van der Waals surface area (Å²) in [4.78, 5) is 42.1. The van der Waals surface area contributed by atoms with Crippen LogP contribution >= 0.6 is 12.4 Å². The van der Waals surface area contributed by atoms with Crippen LogP contribution in [0.15, 0.2) is 30.3 Å². The Kier molecular flexibility index (Phi) is 10.6. The molecule has 3 atom stereocenters. The van der Waals surface area contributed by atoms with Crippen molar-refractivity contribution in [2.75, 3.05) is 19.6 Å². The van der Waals surface area contributed by atoms with E-state index >= 15 is 0 Å². The van der Waals surface area contributed by atoms with Crippen LogP contribution in [-0.4, -0.2) is 71.3 Å². The lowest BCUT2D eigenvalue weighted by atomic mass is 10.1. The van der Waals surface area contributed by atoms with Crippen LogP contribution in [0.5, 0.6) is 0 Å². The van der Waals surface area contributed by atoms with Gasteiger partial charge in [-0.2, -0.15) is 0 Å². The maximum atomic E-state index is 13.3. The van der Waals surface area contributed by atoms with Crippen LogP contribution in [0, 0.1) is 5.41 Å². The molecule has 1 aromatic carbocycles. The molecule has 6 N–H and O–H groups in total. The summed E-state index contributed by atoms with van der Waals surface area (Å²) >= 11 is 0. The first-order valence-corrected chi connectivity index (χ1v) is 11.5. The van der Waals surface area contributed by atoms with Gasteiger partial charge in [-0.15, -0.1) is 12.4 Å². The Labute approximate surface area is 206 Å². The highest BCUT2D eigenvalue weighted by Crippen LogP contribution is 2.26. The molecule has 3 rings (SSSR count). The zero-order valence-corrected chi connectivity index (χ0v) is 20.1. The number of rotatable bonds is 9. The monoisotopic (exact) mass is 494 g/mol. The van der Waals surface area contributed by atoms with E-state index in [4.69, 9.17) is 21.6 Å². The Morgan fingerprint density at radius 1 is 1.09 bits per heavy atom. The second kappa shape index (κ2) is 13.1. The first-order valence-electron chi connectivity index (χ1n) is 11.5. The summed E-state index contributed by atoms with van der Waals surface area (Å²) in [6.45, 7) is 1.58. The van der Waals surface area contributed by atoms with E-state index in [0.717, 1.165) is 18.4 Å². The van der Waals surface area contributed by atoms with Crippen LogP contribution in [0.1, 0.15) is 44.1 Å². The number of hydrogen-bond donors (Lipinski definition) is 4. The maximum absolute atomic E-state index is 13.3. The van der Waals surface area contributed by atoms with Gasteiger partial charge in [0.05, 0.1) is 6.04 Å². The number of esters is 1. The molecular formula is C23H35ClN6O4. The highest BCUT2D eigenvalue weighted by Gasteiger charge is 2.43. The van der Waals surface area contributed by atoms with Crippen LogP contribution in [-0.2, 0) is 25.7 Å². The number of nitrogens with two attached hydrogens (primary N) is 2. The topological polar surface area (TPSA) is 155 Å². The van der Waals surface area contributed by atoms with E-state index in [-0.39, 0.29) is 36.8 Å². The first-order chi connectivity index (χ1) is 15.9. The Morgan fingerprint density at radius 2 is 1.74 bits per heavy atom. The largest absolute Gasteiger partial charge is 0.459 e. The summed E-state index contributed by atoms with van der Waals surface area (Å²) in [7, 11) is 0. The third-order valence-corrected chi connectivity index (χ3v) is 6.18. The fraction of sp³-hybridized carbons (Fsp3) is 0.565. The second-order valence-corrected chi connectivity index (χ2v) is 8.56. The SMILES string of the molecule is Cl.N=C(N)NCCC[C@H](N)C(=O)N1CCC[C@H]1C(=O)N1CCC[C@H]1C(=O)OCc1ccccc1. The fourth-order valence-electron chi connectivity index (χ4n) is 4.46. The van der Waals surface area contributed by atoms with Crippen LogP contribution in [0.25, 0.3) is 0 Å². The van der Waals surface area contributed by atoms with Gasteiger partial charge in [0, 0.05) is 19.6 Å². The summed E-state index contributed by atoms with van der Waals surface area (Å²) in [5.74, 6) is -0.987. The van der Waals surface area contributed by atoms with Gasteiger partial charge in [-0.05, 0) is 44.1 Å². The molecule has 10 nitrogen and oxygen atoms in total. The Balaban J connectivity index is 0.00000408. The molecule has 2 aliphatic heterocycles. The van der Waals surface area contributed by atoms with E-state index in [1.54, 1.807) is 9.80 Å². The third-order valence-electron chi connectivity index (χ3n) is 6.18. The molecule has 0 radical (unpaired) electrons. The zero-order chi connectivity index (χ0) is 23.8. The van der Waals surface area contributed by atoms with Crippen molar-refractivity contribution < 1.29 is 19.1 Å². The number of carbonyl (C=O) groups excluding carboxylic acids is 3. The zero-order valence-electron chi connectivity index (χ0n) is 19.3. The van der Waals surface area contributed by atoms with Crippen molar-refractivity contribution in [3.63, 3.8) is 0 Å². The number of benzene rings is 1. The van der Waals surface area contributed by atoms with Crippen molar-refractivity contribution in [1.82, 2.24) is 15.1 Å². The molecule has 0 saturated carbocycles. The van der Waals surface area contributed by atoms with Crippen LogP contribution in [0.3, 0.4) is 0 Å². The number of hydrogen-bond acceptors (Lipinski definition) is 6. The Morgan fingerprint density at radius 3 is 2.41 bits per heavy atom. The van der Waals surface area contributed by atoms with Gasteiger partial charge >= 0.3 is 5.97 Å². The number of likely N-dealkylation sites (tertiary alicyclic amines) is 2. The van der Waals surface area contributed by atoms with Crippen molar-refractivity contribution in [3.05, 3.63) is 35.9 Å². The number of amides is 2. The van der Waals surface area contributed by atoms with E-state index in [9.17, 15) is 14.4 Å². The minimum absolute atomic E-state index is 0. The van der Waals surface area contributed by atoms with E-state index in [0.29, 0.717) is 45.3 Å². The van der Waals surface area contributed by atoms with E-state index < -0.39 is 24.1 Å². The normalized spacial score (nSPS) is 20.4. The van der Waals surface area contributed by atoms with Gasteiger partial charge in [-0.1, -0.05) is 30.3 Å². The molecule has 0 spiro atoms. The minimum Gasteiger partial charge on any atom is -0.459 e. The lowest BCUT2D eigenvalue weighted by molar-refractivity contribution is -0.156. The van der Waals surface area contributed by atoms with Gasteiger partial charge in [-0.25, -0.2) is 4.79 Å². The fourth-order valence-corrected chi connectivity index (χ4v) is 4.46. The summed E-state index contributed by atoms with van der Waals surface area (Å²) in [6, 6.07) is 7.48. The minimum atomic E-state index is -0.725. The van der Waals surface area contributed by atoms with Crippen LogP contribution < -0.4 is 16.8 Å². The highest BCUT2D eigenvalue weighted by atomic mass is 35.5. The van der Waals surface area contributed by atoms with Crippen molar-refractivity contribution >= 4 is 36.2 Å². The number of ether oxygens (including phenoxy) is 1. The van der Waals surface area contributed by atoms with Gasteiger partial charge in [0.25, 0.3) is 0 Å². The summed E-state index contributed by atoms with van der Waals surface area (Å²) < 4.78 is 5.48. The molecule has 0 unspecified atom stereocenters. The molecule has 2 fully saturated rings. The second-order valence-electron chi connectivity index (χ2n) is 8.56. The third kappa shape index (κ3) is 7.07. The molecule has 11 heteroatoms. The molecule has 2 amide bonds. The summed E-state index contributed by atoms with van der Waals surface area (Å²) in [5.41, 5.74) is 12.2. The Bertz CT molecular complexity index is 855. The van der Waals surface area contributed by atoms with Crippen LogP contribution in [0.4, 0.5) is 0 Å². The molecular weight excluding hydrogens is 460 g/mol. The molecule has 2 heterocycles. The molecule has 188 valence electrons. The summed E-state index contributed by atoms with van der Waals surface area (Å²) in [6.07, 6.45) is 3.57. The molecule has 34 heavy (non-hydrogen) atoms. The van der Waals surface area contributed by atoms with Crippen molar-refractivity contribution in [1.29, 1.82) is 5.41 Å². The van der Waals surface area contributed by atoms with E-state index in [1.807, 2.05) is 30.3 Å². The van der Waals surface area contributed by atoms with Crippen molar-refractivity contribution in [3.8, 4) is 0 Å². The number of nitrogens with zero attached hydrogens (tertiary/aromatic N) is 2. The van der Waals surface area contributed by atoms with Gasteiger partial charge < -0.3 is 31.3 Å². The van der Waals surface area contributed by atoms with E-state index in [1.165, 1.54) is 0 Å². The Hall–Kier alpha value is -2.85.